The highest BCUT2D eigenvalue weighted by molar-refractivity contribution is 5.95. The Labute approximate surface area is 161 Å². The van der Waals surface area contributed by atoms with E-state index >= 15 is 0 Å². The highest BCUT2D eigenvalue weighted by Gasteiger charge is 2.21. The van der Waals surface area contributed by atoms with E-state index in [1.807, 2.05) is 31.2 Å². The van der Waals surface area contributed by atoms with Gasteiger partial charge in [0, 0.05) is 18.3 Å². The number of anilines is 2. The lowest BCUT2D eigenvalue weighted by Crippen LogP contribution is -2.32. The second-order valence-corrected chi connectivity index (χ2v) is 6.61. The van der Waals surface area contributed by atoms with Crippen LogP contribution in [0.1, 0.15) is 52.0 Å². The van der Waals surface area contributed by atoms with Crippen molar-refractivity contribution in [3.05, 3.63) is 54.1 Å². The molecule has 5 heteroatoms. The van der Waals surface area contributed by atoms with Crippen LogP contribution >= 0.6 is 0 Å². The lowest BCUT2D eigenvalue weighted by atomic mass is 9.98. The molecule has 0 heterocycles. The molecule has 5 nitrogen and oxygen atoms in total. The Morgan fingerprint density at radius 1 is 0.963 bits per heavy atom. The van der Waals surface area contributed by atoms with E-state index in [2.05, 4.69) is 24.5 Å². The van der Waals surface area contributed by atoms with Gasteiger partial charge >= 0.3 is 0 Å². The van der Waals surface area contributed by atoms with Gasteiger partial charge in [-0.1, -0.05) is 45.0 Å². The Hall–Kier alpha value is -2.82. The zero-order valence-corrected chi connectivity index (χ0v) is 16.4. The number of nitrogens with one attached hydrogen (secondary N) is 2. The van der Waals surface area contributed by atoms with E-state index in [4.69, 9.17) is 4.74 Å². The van der Waals surface area contributed by atoms with Crippen LogP contribution in [-0.4, -0.2) is 17.9 Å². The number of rotatable bonds is 8. The third-order valence-electron chi connectivity index (χ3n) is 4.45. The smallest absolute Gasteiger partial charge is 0.265 e. The quantitative estimate of drug-likeness (QED) is 0.692. The summed E-state index contributed by atoms with van der Waals surface area (Å²) in [5.41, 5.74) is 2.36. The number of hydrogen-bond donors (Lipinski definition) is 2. The topological polar surface area (TPSA) is 67.4 Å². The summed E-state index contributed by atoms with van der Waals surface area (Å²) < 4.78 is 6.06. The summed E-state index contributed by atoms with van der Waals surface area (Å²) in [6.07, 6.45) is 0.949. The van der Waals surface area contributed by atoms with Gasteiger partial charge in [0.15, 0.2) is 6.10 Å². The molecule has 2 unspecified atom stereocenters. The van der Waals surface area contributed by atoms with Gasteiger partial charge in [0.25, 0.3) is 5.91 Å². The van der Waals surface area contributed by atoms with Crippen molar-refractivity contribution in [3.63, 3.8) is 0 Å². The zero-order valence-electron chi connectivity index (χ0n) is 16.4. The molecule has 0 aliphatic carbocycles. The first kappa shape index (κ1) is 20.5. The maximum absolute atomic E-state index is 12.7. The Morgan fingerprint density at radius 3 is 2.26 bits per heavy atom. The highest BCUT2D eigenvalue weighted by Crippen LogP contribution is 2.29. The van der Waals surface area contributed by atoms with Gasteiger partial charge in [0.1, 0.15) is 5.75 Å². The summed E-state index contributed by atoms with van der Waals surface area (Å²) in [5, 5.41) is 5.58. The maximum atomic E-state index is 12.7. The van der Waals surface area contributed by atoms with Crippen LogP contribution in [0.15, 0.2) is 48.5 Å². The molecule has 0 fully saturated rings. The van der Waals surface area contributed by atoms with Crippen molar-refractivity contribution in [1.82, 2.24) is 0 Å². The van der Waals surface area contributed by atoms with Crippen LogP contribution in [-0.2, 0) is 9.59 Å². The van der Waals surface area contributed by atoms with Crippen LogP contribution in [0.25, 0.3) is 0 Å². The number of ether oxygens (including phenoxy) is 1. The molecule has 27 heavy (non-hydrogen) atoms. The Kier molecular flexibility index (Phi) is 7.41. The van der Waals surface area contributed by atoms with E-state index in [0.29, 0.717) is 23.7 Å². The van der Waals surface area contributed by atoms with Crippen LogP contribution in [0.5, 0.6) is 5.75 Å². The molecule has 2 N–H and O–H groups in total. The second kappa shape index (κ2) is 9.76. The summed E-state index contributed by atoms with van der Waals surface area (Å²) in [5.74, 6) is 0.739. The lowest BCUT2D eigenvalue weighted by Gasteiger charge is -2.21. The zero-order chi connectivity index (χ0) is 19.8. The van der Waals surface area contributed by atoms with Gasteiger partial charge in [0.05, 0.1) is 0 Å². The van der Waals surface area contributed by atoms with Crippen LogP contribution in [0.4, 0.5) is 11.4 Å². The van der Waals surface area contributed by atoms with Crippen LogP contribution in [0, 0.1) is 0 Å². The predicted octanol–water partition coefficient (Wildman–Crippen LogP) is 4.95. The van der Waals surface area contributed by atoms with Crippen molar-refractivity contribution >= 4 is 23.2 Å². The molecule has 0 saturated carbocycles. The van der Waals surface area contributed by atoms with Gasteiger partial charge in [-0.3, -0.25) is 9.59 Å². The molecule has 0 aliphatic rings. The molecule has 2 atom stereocenters. The normalized spacial score (nSPS) is 12.7. The Balaban J connectivity index is 2.12. The van der Waals surface area contributed by atoms with Crippen molar-refractivity contribution in [1.29, 1.82) is 0 Å². The summed E-state index contributed by atoms with van der Waals surface area (Å²) in [6, 6.07) is 14.9. The van der Waals surface area contributed by atoms with Gasteiger partial charge < -0.3 is 15.4 Å². The minimum Gasteiger partial charge on any atom is -0.480 e. The minimum atomic E-state index is -0.598. The Morgan fingerprint density at radius 2 is 1.63 bits per heavy atom. The molecule has 0 aromatic heterocycles. The van der Waals surface area contributed by atoms with Crippen LogP contribution < -0.4 is 15.4 Å². The second-order valence-electron chi connectivity index (χ2n) is 6.61. The van der Waals surface area contributed by atoms with Gasteiger partial charge in [0.2, 0.25) is 5.91 Å². The van der Waals surface area contributed by atoms with Crippen molar-refractivity contribution in [2.75, 3.05) is 10.6 Å². The molecule has 0 spiro atoms. The first-order chi connectivity index (χ1) is 12.9. The van der Waals surface area contributed by atoms with Crippen molar-refractivity contribution in [2.24, 2.45) is 0 Å². The molecule has 0 aliphatic heterocycles. The number of hydrogen-bond acceptors (Lipinski definition) is 3. The monoisotopic (exact) mass is 368 g/mol. The molecule has 0 bridgehead atoms. The van der Waals surface area contributed by atoms with Crippen LogP contribution in [0.3, 0.4) is 0 Å². The standard InChI is InChI=1S/C22H28N2O3/c1-5-15(3)19-12-7-8-13-21(19)27-20(6-2)22(26)24-18-11-9-10-17(14-18)23-16(4)25/h7-15,20H,5-6H2,1-4H3,(H,23,25)(H,24,26). The highest BCUT2D eigenvalue weighted by atomic mass is 16.5. The molecule has 144 valence electrons. The van der Waals surface area contributed by atoms with E-state index in [9.17, 15) is 9.59 Å². The third-order valence-corrected chi connectivity index (χ3v) is 4.45. The predicted molar refractivity (Wildman–Crippen MR) is 109 cm³/mol. The molecular weight excluding hydrogens is 340 g/mol. The maximum Gasteiger partial charge on any atom is 0.265 e. The van der Waals surface area contributed by atoms with Gasteiger partial charge in [-0.25, -0.2) is 0 Å². The van der Waals surface area contributed by atoms with Crippen LogP contribution in [0.2, 0.25) is 0 Å². The largest absolute Gasteiger partial charge is 0.480 e. The molecule has 2 amide bonds. The summed E-state index contributed by atoms with van der Waals surface area (Å²) >= 11 is 0. The number of amides is 2. The summed E-state index contributed by atoms with van der Waals surface area (Å²) in [7, 11) is 0. The first-order valence-corrected chi connectivity index (χ1v) is 9.38. The Bertz CT molecular complexity index is 789. The average molecular weight is 368 g/mol. The van der Waals surface area contributed by atoms with Gasteiger partial charge in [-0.2, -0.15) is 0 Å². The lowest BCUT2D eigenvalue weighted by molar-refractivity contribution is -0.122. The molecule has 2 rings (SSSR count). The fourth-order valence-electron chi connectivity index (χ4n) is 2.79. The fourth-order valence-corrected chi connectivity index (χ4v) is 2.79. The molecule has 2 aromatic rings. The number of carbonyl (C=O) groups excluding carboxylic acids is 2. The minimum absolute atomic E-state index is 0.158. The van der Waals surface area contributed by atoms with E-state index in [-0.39, 0.29) is 11.8 Å². The van der Waals surface area contributed by atoms with E-state index < -0.39 is 6.10 Å². The van der Waals surface area contributed by atoms with E-state index in [0.717, 1.165) is 17.7 Å². The van der Waals surface area contributed by atoms with Gasteiger partial charge in [-0.05, 0) is 48.6 Å². The number of benzene rings is 2. The molecule has 0 saturated heterocycles. The van der Waals surface area contributed by atoms with Gasteiger partial charge in [-0.15, -0.1) is 0 Å². The van der Waals surface area contributed by atoms with Crippen molar-refractivity contribution < 1.29 is 14.3 Å². The summed E-state index contributed by atoms with van der Waals surface area (Å²) in [6.45, 7) is 7.65. The molecular formula is C22H28N2O3. The first-order valence-electron chi connectivity index (χ1n) is 9.38. The molecule has 2 aromatic carbocycles. The van der Waals surface area contributed by atoms with E-state index in [1.54, 1.807) is 24.3 Å². The van der Waals surface area contributed by atoms with E-state index in [1.165, 1.54) is 6.92 Å². The number of para-hydroxylation sites is 1. The number of carbonyl (C=O) groups is 2. The fraction of sp³-hybridized carbons (Fsp3) is 0.364. The average Bonchev–Trinajstić information content (AvgIpc) is 2.65. The third kappa shape index (κ3) is 5.84. The summed E-state index contributed by atoms with van der Waals surface area (Å²) in [4.78, 5) is 23.9. The SMILES string of the molecule is CCC(Oc1ccccc1C(C)CC)C(=O)Nc1cccc(NC(C)=O)c1. The van der Waals surface area contributed by atoms with Crippen molar-refractivity contribution in [2.45, 2.75) is 52.6 Å². The van der Waals surface area contributed by atoms with Crippen molar-refractivity contribution in [3.8, 4) is 5.75 Å². The molecule has 0 radical (unpaired) electrons.